The van der Waals surface area contributed by atoms with Crippen molar-refractivity contribution in [1.29, 1.82) is 5.26 Å². The highest BCUT2D eigenvalue weighted by Gasteiger charge is 2.46. The van der Waals surface area contributed by atoms with Crippen molar-refractivity contribution < 1.29 is 19.1 Å². The van der Waals surface area contributed by atoms with Crippen LogP contribution in [0.15, 0.2) is 53.3 Å². The van der Waals surface area contributed by atoms with E-state index >= 15 is 0 Å². The number of ether oxygens (including phenoxy) is 2. The smallest absolute Gasteiger partial charge is 0.307 e. The number of nitrogens with one attached hydrogen (secondary N) is 2. The van der Waals surface area contributed by atoms with Crippen molar-refractivity contribution in [2.45, 2.75) is 58.7 Å². The predicted octanol–water partition coefficient (Wildman–Crippen LogP) is 4.93. The van der Waals surface area contributed by atoms with E-state index in [1.807, 2.05) is 32.0 Å². The van der Waals surface area contributed by atoms with E-state index in [9.17, 15) is 19.6 Å². The van der Waals surface area contributed by atoms with Crippen molar-refractivity contribution >= 4 is 23.4 Å². The Labute approximate surface area is 243 Å². The second-order valence-electron chi connectivity index (χ2n) is 10.6. The van der Waals surface area contributed by atoms with Gasteiger partial charge in [0.2, 0.25) is 5.91 Å². The zero-order valence-corrected chi connectivity index (χ0v) is 24.3. The highest BCUT2D eigenvalue weighted by Crippen LogP contribution is 2.43. The number of carbonyl (C=O) groups is 2. The first-order valence-electron chi connectivity index (χ1n) is 13.2. The molecule has 10 nitrogen and oxygen atoms in total. The molecule has 0 saturated carbocycles. The van der Waals surface area contributed by atoms with Gasteiger partial charge in [0.25, 0.3) is 5.91 Å². The normalized spacial score (nSPS) is 17.4. The molecule has 0 radical (unpaired) electrons. The summed E-state index contributed by atoms with van der Waals surface area (Å²) in [5.41, 5.74) is 0.358. The number of aromatic nitrogens is 2. The fourth-order valence-corrected chi connectivity index (χ4v) is 5.28. The largest absolute Gasteiger partial charge is 0.493 e. The quantitative estimate of drug-likeness (QED) is 0.387. The third-order valence-corrected chi connectivity index (χ3v) is 7.49. The zero-order valence-electron chi connectivity index (χ0n) is 23.5. The van der Waals surface area contributed by atoms with Crippen LogP contribution in [-0.2, 0) is 4.79 Å². The second kappa shape index (κ2) is 12.0. The maximum atomic E-state index is 13.9. The van der Waals surface area contributed by atoms with Crippen molar-refractivity contribution in [1.82, 2.24) is 20.4 Å². The summed E-state index contributed by atoms with van der Waals surface area (Å²) in [5, 5.41) is 19.4. The fraction of sp³-hybridized carbons (Fsp3) is 0.367. The zero-order chi connectivity index (χ0) is 29.9. The summed E-state index contributed by atoms with van der Waals surface area (Å²) in [6.45, 7) is 6.96. The monoisotopic (exact) mass is 577 g/mol. The van der Waals surface area contributed by atoms with Crippen molar-refractivity contribution in [3.8, 4) is 23.3 Å². The molecule has 2 aromatic carbocycles. The van der Waals surface area contributed by atoms with E-state index < -0.39 is 22.9 Å². The average Bonchev–Trinajstić information content (AvgIpc) is 3.41. The highest BCUT2D eigenvalue weighted by molar-refractivity contribution is 6.30. The summed E-state index contributed by atoms with van der Waals surface area (Å²) in [6, 6.07) is 14.1. The van der Waals surface area contributed by atoms with E-state index in [2.05, 4.69) is 21.6 Å². The van der Waals surface area contributed by atoms with Gasteiger partial charge in [0.05, 0.1) is 36.4 Å². The van der Waals surface area contributed by atoms with Crippen molar-refractivity contribution in [3.63, 3.8) is 0 Å². The van der Waals surface area contributed by atoms with Crippen LogP contribution in [0.2, 0.25) is 5.02 Å². The molecule has 2 heterocycles. The van der Waals surface area contributed by atoms with Crippen LogP contribution in [0, 0.1) is 23.7 Å². The molecule has 0 bridgehead atoms. The Hall–Kier alpha value is -4.36. The topological polar surface area (TPSA) is 137 Å². The average molecular weight is 578 g/mol. The number of aromatic amines is 1. The number of benzene rings is 2. The Morgan fingerprint density at radius 2 is 1.93 bits per heavy atom. The van der Waals surface area contributed by atoms with Gasteiger partial charge in [-0.05, 0) is 76.4 Å². The number of amides is 2. The van der Waals surface area contributed by atoms with Gasteiger partial charge in [0.1, 0.15) is 6.04 Å². The SMILES string of the molecule is COc1cc(C(=O)NC(C)C(=O)N2[C@H](c3cccc(Cl)c3)CC[C@@H]2C(C)(C)C#N)ccc1Oc1cc(C)n[nH]c1=O. The lowest BCUT2D eigenvalue weighted by Crippen LogP contribution is -2.52. The minimum Gasteiger partial charge on any atom is -0.493 e. The van der Waals surface area contributed by atoms with Crippen molar-refractivity contribution in [2.75, 3.05) is 7.11 Å². The first kappa shape index (κ1) is 29.6. The first-order valence-corrected chi connectivity index (χ1v) is 13.5. The number of methoxy groups -OCH3 is 1. The van der Waals surface area contributed by atoms with Gasteiger partial charge < -0.3 is 19.7 Å². The number of nitrogens with zero attached hydrogens (tertiary/aromatic N) is 3. The summed E-state index contributed by atoms with van der Waals surface area (Å²) in [7, 11) is 1.42. The number of carbonyl (C=O) groups excluding carboxylic acids is 2. The van der Waals surface area contributed by atoms with E-state index in [0.717, 1.165) is 5.56 Å². The van der Waals surface area contributed by atoms with Crippen LogP contribution in [0.25, 0.3) is 0 Å². The van der Waals surface area contributed by atoms with E-state index in [4.69, 9.17) is 21.1 Å². The van der Waals surface area contributed by atoms with Crippen LogP contribution in [-0.4, -0.2) is 46.1 Å². The Balaban J connectivity index is 1.55. The maximum Gasteiger partial charge on any atom is 0.307 e. The molecule has 3 atom stereocenters. The molecule has 0 spiro atoms. The minimum atomic E-state index is -0.889. The molecule has 2 amide bonds. The van der Waals surface area contributed by atoms with Crippen LogP contribution in [0.3, 0.4) is 0 Å². The van der Waals surface area contributed by atoms with Crippen LogP contribution in [0.1, 0.15) is 61.3 Å². The van der Waals surface area contributed by atoms with Gasteiger partial charge in [0.15, 0.2) is 17.2 Å². The summed E-state index contributed by atoms with van der Waals surface area (Å²) in [5.74, 6) is -0.313. The maximum absolute atomic E-state index is 13.9. The van der Waals surface area contributed by atoms with Gasteiger partial charge in [0, 0.05) is 16.7 Å². The first-order chi connectivity index (χ1) is 19.4. The number of aryl methyl sites for hydroxylation is 1. The number of likely N-dealkylation sites (tertiary alicyclic amines) is 1. The molecular formula is C30H32ClN5O5. The van der Waals surface area contributed by atoms with Gasteiger partial charge in [-0.15, -0.1) is 0 Å². The molecule has 1 fully saturated rings. The number of hydrogen-bond donors (Lipinski definition) is 2. The lowest BCUT2D eigenvalue weighted by molar-refractivity contribution is -0.137. The fourth-order valence-electron chi connectivity index (χ4n) is 5.08. The van der Waals surface area contributed by atoms with Gasteiger partial charge in [-0.25, -0.2) is 5.10 Å². The number of rotatable bonds is 8. The standard InChI is InChI=1S/C30H32ClN5O5/c1-17-13-25(28(38)35-34-17)41-23-11-9-20(15-24(23)40-5)27(37)33-18(2)29(39)36-22(19-7-6-8-21(31)14-19)10-12-26(36)30(3,4)16-32/h6-9,11,13-15,18,22,26H,10,12H2,1-5H3,(H,33,37)(H,35,38)/t18?,22-,26+/m0/s1. The second-order valence-corrected chi connectivity index (χ2v) is 11.0. The summed E-state index contributed by atoms with van der Waals surface area (Å²) >= 11 is 6.25. The molecule has 4 rings (SSSR count). The third-order valence-electron chi connectivity index (χ3n) is 7.26. The van der Waals surface area contributed by atoms with Crippen molar-refractivity contribution in [2.24, 2.45) is 5.41 Å². The third kappa shape index (κ3) is 6.36. The van der Waals surface area contributed by atoms with Gasteiger partial charge in [-0.3, -0.25) is 14.4 Å². The number of H-pyrrole nitrogens is 1. The van der Waals surface area contributed by atoms with Gasteiger partial charge in [-0.1, -0.05) is 23.7 Å². The Morgan fingerprint density at radius 1 is 1.17 bits per heavy atom. The Kier molecular flexibility index (Phi) is 8.69. The Morgan fingerprint density at radius 3 is 2.61 bits per heavy atom. The molecule has 1 saturated heterocycles. The molecule has 3 aromatic rings. The minimum absolute atomic E-state index is 0.0296. The molecule has 1 aromatic heterocycles. The molecule has 0 aliphatic carbocycles. The molecule has 41 heavy (non-hydrogen) atoms. The molecular weight excluding hydrogens is 546 g/mol. The van der Waals surface area contributed by atoms with E-state index in [1.54, 1.807) is 24.8 Å². The van der Waals surface area contributed by atoms with E-state index in [-0.39, 0.29) is 40.8 Å². The predicted molar refractivity (Wildman–Crippen MR) is 153 cm³/mol. The summed E-state index contributed by atoms with van der Waals surface area (Å²) in [4.78, 5) is 40.9. The van der Waals surface area contributed by atoms with E-state index in [1.165, 1.54) is 31.4 Å². The number of hydrogen-bond acceptors (Lipinski definition) is 7. The number of halogens is 1. The molecule has 1 aliphatic rings. The van der Waals surface area contributed by atoms with Crippen LogP contribution in [0.5, 0.6) is 17.2 Å². The van der Waals surface area contributed by atoms with Crippen molar-refractivity contribution in [3.05, 3.63) is 80.7 Å². The summed E-state index contributed by atoms with van der Waals surface area (Å²) < 4.78 is 11.1. The lowest BCUT2D eigenvalue weighted by Gasteiger charge is -2.38. The highest BCUT2D eigenvalue weighted by atomic mass is 35.5. The molecule has 214 valence electrons. The van der Waals surface area contributed by atoms with Crippen LogP contribution < -0.4 is 20.3 Å². The van der Waals surface area contributed by atoms with Crippen LogP contribution in [0.4, 0.5) is 0 Å². The van der Waals surface area contributed by atoms with Gasteiger partial charge >= 0.3 is 5.56 Å². The molecule has 1 aliphatic heterocycles. The van der Waals surface area contributed by atoms with Crippen LogP contribution >= 0.6 is 11.6 Å². The summed E-state index contributed by atoms with van der Waals surface area (Å²) in [6.07, 6.45) is 1.31. The molecule has 11 heteroatoms. The lowest BCUT2D eigenvalue weighted by atomic mass is 9.84. The number of nitriles is 1. The molecule has 1 unspecified atom stereocenters. The molecule has 2 N–H and O–H groups in total. The Bertz CT molecular complexity index is 1560. The van der Waals surface area contributed by atoms with E-state index in [0.29, 0.717) is 23.6 Å². The van der Waals surface area contributed by atoms with Gasteiger partial charge in [-0.2, -0.15) is 10.4 Å².